The van der Waals surface area contributed by atoms with E-state index in [1.165, 1.54) is 29.3 Å². The summed E-state index contributed by atoms with van der Waals surface area (Å²) in [6, 6.07) is 9.29. The van der Waals surface area contributed by atoms with E-state index in [1.807, 2.05) is 26.0 Å². The van der Waals surface area contributed by atoms with Gasteiger partial charge in [0.2, 0.25) is 0 Å². The van der Waals surface area contributed by atoms with Crippen LogP contribution in [0.5, 0.6) is 0 Å². The number of carbonyl (C=O) groups excluding carboxylic acids is 2. The molecule has 2 aliphatic heterocycles. The van der Waals surface area contributed by atoms with Crippen LogP contribution in [0.2, 0.25) is 0 Å². The number of aryl methyl sites for hydroxylation is 2. The van der Waals surface area contributed by atoms with Gasteiger partial charge in [-0.25, -0.2) is 14.3 Å². The Hall–Kier alpha value is -3.09. The number of fused-ring (bicyclic) bond motifs is 1. The van der Waals surface area contributed by atoms with Crippen LogP contribution in [-0.2, 0) is 9.59 Å². The summed E-state index contributed by atoms with van der Waals surface area (Å²) in [4.78, 5) is 26.8. The molecule has 2 atom stereocenters. The molecule has 1 fully saturated rings. The highest BCUT2D eigenvalue weighted by Gasteiger charge is 2.55. The Balaban J connectivity index is 1.70. The first-order valence-corrected chi connectivity index (χ1v) is 7.88. The molecular weight excluding hydrogens is 323 g/mol. The first-order chi connectivity index (χ1) is 12.0. The summed E-state index contributed by atoms with van der Waals surface area (Å²) in [6.45, 7) is 3.89. The Morgan fingerprint density at radius 3 is 2.28 bits per heavy atom. The third-order valence-electron chi connectivity index (χ3n) is 4.62. The van der Waals surface area contributed by atoms with Crippen LogP contribution in [0.4, 0.5) is 15.8 Å². The van der Waals surface area contributed by atoms with E-state index in [1.54, 1.807) is 6.07 Å². The topological polar surface area (TPSA) is 65.3 Å². The van der Waals surface area contributed by atoms with Gasteiger partial charge in [0, 0.05) is 0 Å². The van der Waals surface area contributed by atoms with Crippen LogP contribution in [0.25, 0.3) is 0 Å². The second kappa shape index (κ2) is 5.47. The number of benzene rings is 2. The number of hydrogen-bond donors (Lipinski definition) is 0. The quantitative estimate of drug-likeness (QED) is 0.791. The van der Waals surface area contributed by atoms with Gasteiger partial charge in [-0.2, -0.15) is 5.11 Å². The van der Waals surface area contributed by atoms with Crippen molar-refractivity contribution in [2.45, 2.75) is 25.9 Å². The van der Waals surface area contributed by atoms with Crippen LogP contribution in [0, 0.1) is 19.7 Å². The van der Waals surface area contributed by atoms with Crippen molar-refractivity contribution in [2.75, 3.05) is 9.91 Å². The number of anilines is 2. The van der Waals surface area contributed by atoms with Crippen LogP contribution in [0.3, 0.4) is 0 Å². The molecule has 126 valence electrons. The molecule has 2 aromatic rings. The fourth-order valence-corrected chi connectivity index (χ4v) is 3.09. The SMILES string of the molecule is Cc1ccc(N2C(=O)C3N=NN(c4ccc(F)cc4)C3C2=O)cc1C. The van der Waals surface area contributed by atoms with Crippen molar-refractivity contribution >= 4 is 23.2 Å². The molecule has 0 spiro atoms. The lowest BCUT2D eigenvalue weighted by atomic mass is 10.1. The summed E-state index contributed by atoms with van der Waals surface area (Å²) in [5, 5.41) is 9.30. The van der Waals surface area contributed by atoms with E-state index in [2.05, 4.69) is 10.3 Å². The van der Waals surface area contributed by atoms with Crippen molar-refractivity contribution < 1.29 is 14.0 Å². The Morgan fingerprint density at radius 2 is 1.60 bits per heavy atom. The third-order valence-corrected chi connectivity index (χ3v) is 4.62. The molecule has 2 heterocycles. The molecule has 0 bridgehead atoms. The summed E-state index contributed by atoms with van der Waals surface area (Å²) in [5.74, 6) is -1.17. The molecule has 7 heteroatoms. The van der Waals surface area contributed by atoms with E-state index < -0.39 is 18.0 Å². The summed E-state index contributed by atoms with van der Waals surface area (Å²) in [5.41, 5.74) is 3.12. The van der Waals surface area contributed by atoms with Crippen LogP contribution in [0.15, 0.2) is 52.8 Å². The predicted molar refractivity (Wildman–Crippen MR) is 89.7 cm³/mol. The first-order valence-electron chi connectivity index (χ1n) is 7.88. The van der Waals surface area contributed by atoms with Crippen LogP contribution >= 0.6 is 0 Å². The normalized spacial score (nSPS) is 22.0. The molecule has 0 aromatic heterocycles. The molecule has 2 aromatic carbocycles. The fraction of sp³-hybridized carbons (Fsp3) is 0.222. The van der Waals surface area contributed by atoms with Crippen molar-refractivity contribution in [3.63, 3.8) is 0 Å². The molecule has 2 amide bonds. The van der Waals surface area contributed by atoms with Gasteiger partial charge in [0.05, 0.1) is 11.4 Å². The number of hydrogen-bond acceptors (Lipinski definition) is 5. The lowest BCUT2D eigenvalue weighted by molar-refractivity contribution is -0.121. The van der Waals surface area contributed by atoms with Crippen LogP contribution < -0.4 is 9.91 Å². The molecular formula is C18H15FN4O2. The van der Waals surface area contributed by atoms with E-state index in [0.717, 1.165) is 16.0 Å². The molecule has 0 aliphatic carbocycles. The standard InChI is InChI=1S/C18H15FN4O2/c1-10-3-6-14(9-11(10)2)22-17(24)15-16(18(22)25)23(21-20-15)13-7-4-12(19)5-8-13/h3-9,15-16H,1-2H3. The van der Waals surface area contributed by atoms with Crippen molar-refractivity contribution in [3.8, 4) is 0 Å². The number of rotatable bonds is 2. The zero-order chi connectivity index (χ0) is 17.7. The van der Waals surface area contributed by atoms with Gasteiger partial charge in [0.1, 0.15) is 5.82 Å². The highest BCUT2D eigenvalue weighted by Crippen LogP contribution is 2.35. The molecule has 25 heavy (non-hydrogen) atoms. The van der Waals surface area contributed by atoms with E-state index >= 15 is 0 Å². The number of imide groups is 1. The van der Waals surface area contributed by atoms with E-state index in [9.17, 15) is 14.0 Å². The van der Waals surface area contributed by atoms with E-state index in [-0.39, 0.29) is 11.7 Å². The number of carbonyl (C=O) groups is 2. The van der Waals surface area contributed by atoms with Gasteiger partial charge >= 0.3 is 0 Å². The van der Waals surface area contributed by atoms with Crippen molar-refractivity contribution in [3.05, 3.63) is 59.4 Å². The van der Waals surface area contributed by atoms with Gasteiger partial charge in [0.25, 0.3) is 11.8 Å². The average molecular weight is 338 g/mol. The third kappa shape index (κ3) is 2.31. The summed E-state index contributed by atoms with van der Waals surface area (Å²) in [6.07, 6.45) is 0. The fourth-order valence-electron chi connectivity index (χ4n) is 3.09. The number of amides is 2. The molecule has 1 saturated heterocycles. The van der Waals surface area contributed by atoms with Gasteiger partial charge < -0.3 is 0 Å². The van der Waals surface area contributed by atoms with E-state index in [0.29, 0.717) is 11.4 Å². The molecule has 0 radical (unpaired) electrons. The summed E-state index contributed by atoms with van der Waals surface area (Å²) in [7, 11) is 0. The Bertz CT molecular complexity index is 910. The highest BCUT2D eigenvalue weighted by atomic mass is 19.1. The smallest absolute Gasteiger partial charge is 0.263 e. The maximum absolute atomic E-state index is 13.1. The van der Waals surface area contributed by atoms with Gasteiger partial charge in [-0.3, -0.25) is 9.59 Å². The van der Waals surface area contributed by atoms with Crippen LogP contribution in [-0.4, -0.2) is 23.9 Å². The second-order valence-corrected chi connectivity index (χ2v) is 6.20. The molecule has 2 unspecified atom stereocenters. The molecule has 2 aliphatic rings. The largest absolute Gasteiger partial charge is 0.271 e. The summed E-state index contributed by atoms with van der Waals surface area (Å²) >= 11 is 0. The molecule has 4 rings (SSSR count). The minimum absolute atomic E-state index is 0.382. The minimum atomic E-state index is -0.876. The maximum Gasteiger partial charge on any atom is 0.263 e. The van der Waals surface area contributed by atoms with E-state index in [4.69, 9.17) is 0 Å². The van der Waals surface area contributed by atoms with Crippen molar-refractivity contribution in [1.82, 2.24) is 0 Å². The predicted octanol–water partition coefficient (Wildman–Crippen LogP) is 2.94. The van der Waals surface area contributed by atoms with Gasteiger partial charge in [-0.15, -0.1) is 0 Å². The number of halogens is 1. The Kier molecular flexibility index (Phi) is 3.38. The lowest BCUT2D eigenvalue weighted by Crippen LogP contribution is -2.39. The molecule has 0 N–H and O–H groups in total. The zero-order valence-corrected chi connectivity index (χ0v) is 13.7. The van der Waals surface area contributed by atoms with Crippen molar-refractivity contribution in [2.24, 2.45) is 10.3 Å². The zero-order valence-electron chi connectivity index (χ0n) is 13.7. The molecule has 0 saturated carbocycles. The summed E-state index contributed by atoms with van der Waals surface area (Å²) < 4.78 is 13.1. The van der Waals surface area contributed by atoms with Crippen molar-refractivity contribution in [1.29, 1.82) is 0 Å². The van der Waals surface area contributed by atoms with Crippen LogP contribution in [0.1, 0.15) is 11.1 Å². The second-order valence-electron chi connectivity index (χ2n) is 6.20. The first kappa shape index (κ1) is 15.4. The van der Waals surface area contributed by atoms with Gasteiger partial charge in [-0.1, -0.05) is 11.3 Å². The monoisotopic (exact) mass is 338 g/mol. The van der Waals surface area contributed by atoms with Gasteiger partial charge in [0.15, 0.2) is 12.1 Å². The minimum Gasteiger partial charge on any atom is -0.271 e. The lowest BCUT2D eigenvalue weighted by Gasteiger charge is -2.21. The Labute approximate surface area is 143 Å². The number of nitrogens with zero attached hydrogens (tertiary/aromatic N) is 4. The Morgan fingerprint density at radius 1 is 0.920 bits per heavy atom. The van der Waals surface area contributed by atoms with Gasteiger partial charge in [-0.05, 0) is 61.4 Å². The average Bonchev–Trinajstić information content (AvgIpc) is 3.12. The molecule has 6 nitrogen and oxygen atoms in total. The maximum atomic E-state index is 13.1. The highest BCUT2D eigenvalue weighted by molar-refractivity contribution is 6.26.